The van der Waals surface area contributed by atoms with Gasteiger partial charge in [0, 0.05) is 10.5 Å². The molecule has 0 aliphatic rings. The van der Waals surface area contributed by atoms with E-state index < -0.39 is 0 Å². The Hall–Kier alpha value is -3.76. The summed E-state index contributed by atoms with van der Waals surface area (Å²) in [5, 5.41) is 18.9. The molecule has 0 radical (unpaired) electrons. The fraction of sp³-hybridized carbons (Fsp3) is 0. The van der Waals surface area contributed by atoms with E-state index in [9.17, 15) is 10.1 Å². The maximum Gasteiger partial charge on any atom is 0.277 e. The molecule has 0 aliphatic heterocycles. The molecule has 4 heteroatoms. The van der Waals surface area contributed by atoms with Gasteiger partial charge in [-0.05, 0) is 61.1 Å². The summed E-state index contributed by atoms with van der Waals surface area (Å²) in [6.45, 7) is 0. The molecular formula is C28H16BrNO2. The molecule has 0 fully saturated rings. The average molecular weight is 478 g/mol. The minimum atomic E-state index is -0.281. The van der Waals surface area contributed by atoms with Gasteiger partial charge in [0.05, 0.1) is 10.5 Å². The minimum Gasteiger partial charge on any atom is -0.258 e. The highest BCUT2D eigenvalue weighted by Gasteiger charge is 2.20. The van der Waals surface area contributed by atoms with Crippen molar-refractivity contribution in [2.75, 3.05) is 0 Å². The monoisotopic (exact) mass is 477 g/mol. The summed E-state index contributed by atoms with van der Waals surface area (Å²) in [5.74, 6) is 0. The second kappa shape index (κ2) is 7.14. The van der Waals surface area contributed by atoms with Crippen molar-refractivity contribution in [2.24, 2.45) is 0 Å². The predicted octanol–water partition coefficient (Wildman–Crippen LogP) is 8.59. The summed E-state index contributed by atoms with van der Waals surface area (Å²) in [7, 11) is 0. The second-order valence-corrected chi connectivity index (χ2v) is 8.79. The molecule has 0 saturated carbocycles. The van der Waals surface area contributed by atoms with E-state index in [4.69, 9.17) is 0 Å². The number of nitro benzene ring substituents is 1. The van der Waals surface area contributed by atoms with Gasteiger partial charge in [0.2, 0.25) is 0 Å². The molecule has 0 unspecified atom stereocenters. The number of halogens is 1. The van der Waals surface area contributed by atoms with Crippen LogP contribution in [0.3, 0.4) is 0 Å². The highest BCUT2D eigenvalue weighted by Crippen LogP contribution is 2.43. The smallest absolute Gasteiger partial charge is 0.258 e. The van der Waals surface area contributed by atoms with Crippen molar-refractivity contribution < 1.29 is 4.92 Å². The van der Waals surface area contributed by atoms with Crippen LogP contribution in [-0.4, -0.2) is 4.92 Å². The van der Waals surface area contributed by atoms with Crippen LogP contribution in [0.25, 0.3) is 54.6 Å². The van der Waals surface area contributed by atoms with E-state index in [0.29, 0.717) is 5.56 Å². The largest absolute Gasteiger partial charge is 0.277 e. The summed E-state index contributed by atoms with van der Waals surface area (Å²) in [6, 6.07) is 31.9. The van der Waals surface area contributed by atoms with E-state index in [1.54, 1.807) is 6.07 Å². The van der Waals surface area contributed by atoms with Crippen LogP contribution in [0, 0.1) is 10.1 Å². The summed E-state index contributed by atoms with van der Waals surface area (Å²) in [4.78, 5) is 11.8. The van der Waals surface area contributed by atoms with Crippen LogP contribution in [0.5, 0.6) is 0 Å². The lowest BCUT2D eigenvalue weighted by atomic mass is 9.89. The molecule has 0 heterocycles. The number of hydrogen-bond donors (Lipinski definition) is 0. The van der Waals surface area contributed by atoms with Crippen LogP contribution in [-0.2, 0) is 0 Å². The number of nitro groups is 1. The van der Waals surface area contributed by atoms with Crippen LogP contribution in [0.15, 0.2) is 102 Å². The van der Waals surface area contributed by atoms with Gasteiger partial charge in [0.15, 0.2) is 0 Å². The lowest BCUT2D eigenvalue weighted by molar-refractivity contribution is -0.384. The molecule has 0 aromatic heterocycles. The molecule has 0 N–H and O–H groups in total. The van der Waals surface area contributed by atoms with E-state index >= 15 is 0 Å². The molecular weight excluding hydrogens is 462 g/mol. The Labute approximate surface area is 192 Å². The topological polar surface area (TPSA) is 43.1 Å². The number of rotatable bonds is 3. The van der Waals surface area contributed by atoms with Crippen molar-refractivity contribution in [2.45, 2.75) is 0 Å². The van der Waals surface area contributed by atoms with E-state index in [1.165, 1.54) is 5.39 Å². The average Bonchev–Trinajstić information content (AvgIpc) is 2.84. The zero-order valence-corrected chi connectivity index (χ0v) is 18.5. The van der Waals surface area contributed by atoms with Gasteiger partial charge < -0.3 is 0 Å². The Kier molecular flexibility index (Phi) is 4.23. The van der Waals surface area contributed by atoms with Gasteiger partial charge in [0.1, 0.15) is 0 Å². The van der Waals surface area contributed by atoms with E-state index in [2.05, 4.69) is 58.4 Å². The van der Waals surface area contributed by atoms with E-state index in [0.717, 1.165) is 48.1 Å². The predicted molar refractivity (Wildman–Crippen MR) is 135 cm³/mol. The van der Waals surface area contributed by atoms with Gasteiger partial charge in [-0.2, -0.15) is 0 Å². The molecule has 3 nitrogen and oxygen atoms in total. The third-order valence-electron chi connectivity index (χ3n) is 6.20. The quantitative estimate of drug-likeness (QED) is 0.145. The highest BCUT2D eigenvalue weighted by atomic mass is 79.9. The van der Waals surface area contributed by atoms with Crippen molar-refractivity contribution in [3.63, 3.8) is 0 Å². The number of hydrogen-bond acceptors (Lipinski definition) is 2. The Balaban J connectivity index is 1.66. The Morgan fingerprint density at radius 2 is 1.25 bits per heavy atom. The van der Waals surface area contributed by atoms with E-state index in [-0.39, 0.29) is 10.6 Å². The molecule has 0 spiro atoms. The lowest BCUT2D eigenvalue weighted by Crippen LogP contribution is -1.94. The van der Waals surface area contributed by atoms with Crippen molar-refractivity contribution in [1.82, 2.24) is 0 Å². The van der Waals surface area contributed by atoms with Crippen LogP contribution >= 0.6 is 15.9 Å². The summed E-state index contributed by atoms with van der Waals surface area (Å²) >= 11 is 3.68. The lowest BCUT2D eigenvalue weighted by Gasteiger charge is -2.15. The third kappa shape index (κ3) is 2.80. The van der Waals surface area contributed by atoms with Crippen molar-refractivity contribution in [1.29, 1.82) is 0 Å². The Morgan fingerprint density at radius 3 is 2.00 bits per heavy atom. The van der Waals surface area contributed by atoms with Gasteiger partial charge >= 0.3 is 0 Å². The number of nitrogens with zero attached hydrogens (tertiary/aromatic N) is 1. The van der Waals surface area contributed by atoms with Crippen LogP contribution in [0.1, 0.15) is 0 Å². The maximum atomic E-state index is 12.1. The van der Waals surface area contributed by atoms with Crippen molar-refractivity contribution in [3.05, 3.63) is 112 Å². The second-order valence-electron chi connectivity index (χ2n) is 7.94. The first-order valence-electron chi connectivity index (χ1n) is 10.3. The maximum absolute atomic E-state index is 12.1. The SMILES string of the molecule is O=[N+]([O-])c1cc(-c2ccccc2)ccc1-c1ccc2ccc3c(Br)ccc4ccc1c2c43. The van der Waals surface area contributed by atoms with Crippen LogP contribution in [0.4, 0.5) is 5.69 Å². The normalized spacial score (nSPS) is 11.5. The number of benzene rings is 6. The standard InChI is InChI=1S/C28H16BrNO2/c29-25-15-10-19-7-13-23-21(11-6-18-8-14-24(25)28(19)27(18)23)22-12-9-20(16-26(22)30(31)32)17-4-2-1-3-5-17/h1-16H. The van der Waals surface area contributed by atoms with Crippen molar-refractivity contribution in [3.8, 4) is 22.3 Å². The fourth-order valence-electron chi connectivity index (χ4n) is 4.72. The molecule has 6 aromatic rings. The summed E-state index contributed by atoms with van der Waals surface area (Å²) in [6.07, 6.45) is 0. The molecule has 0 aliphatic carbocycles. The molecule has 0 saturated heterocycles. The van der Waals surface area contributed by atoms with Crippen LogP contribution < -0.4 is 0 Å². The molecule has 0 bridgehead atoms. The summed E-state index contributed by atoms with van der Waals surface area (Å²) < 4.78 is 1.04. The summed E-state index contributed by atoms with van der Waals surface area (Å²) in [5.41, 5.74) is 3.41. The van der Waals surface area contributed by atoms with Gasteiger partial charge in [0.25, 0.3) is 5.69 Å². The zero-order valence-electron chi connectivity index (χ0n) is 16.9. The van der Waals surface area contributed by atoms with Gasteiger partial charge in [-0.3, -0.25) is 10.1 Å². The Morgan fingerprint density at radius 1 is 0.625 bits per heavy atom. The minimum absolute atomic E-state index is 0.113. The Bertz CT molecular complexity index is 1660. The molecule has 6 rings (SSSR count). The molecule has 0 amide bonds. The first-order chi connectivity index (χ1) is 15.6. The molecule has 152 valence electrons. The van der Waals surface area contributed by atoms with Gasteiger partial charge in [-0.1, -0.05) is 94.8 Å². The molecule has 0 atom stereocenters. The first-order valence-corrected chi connectivity index (χ1v) is 11.1. The third-order valence-corrected chi connectivity index (χ3v) is 6.89. The highest BCUT2D eigenvalue weighted by molar-refractivity contribution is 9.10. The molecule has 32 heavy (non-hydrogen) atoms. The van der Waals surface area contributed by atoms with Gasteiger partial charge in [-0.15, -0.1) is 0 Å². The van der Waals surface area contributed by atoms with E-state index in [1.807, 2.05) is 48.5 Å². The van der Waals surface area contributed by atoms with Crippen LogP contribution in [0.2, 0.25) is 0 Å². The van der Waals surface area contributed by atoms with Gasteiger partial charge in [-0.25, -0.2) is 0 Å². The first kappa shape index (κ1) is 19.0. The fourth-order valence-corrected chi connectivity index (χ4v) is 5.18. The molecule has 6 aromatic carbocycles. The zero-order chi connectivity index (χ0) is 21.8. The van der Waals surface area contributed by atoms with Crippen molar-refractivity contribution >= 4 is 53.9 Å².